The molecule has 2 aromatic heterocycles. The zero-order valence-electron chi connectivity index (χ0n) is 9.78. The molecule has 3 rings (SSSR count). The number of nitrogens with zero attached hydrogens (tertiary/aromatic N) is 3. The molecule has 3 heterocycles. The third kappa shape index (κ3) is 2.03. The van der Waals surface area contributed by atoms with Crippen molar-refractivity contribution >= 4 is 9.84 Å². The van der Waals surface area contributed by atoms with Gasteiger partial charge in [0.05, 0.1) is 16.3 Å². The molecule has 1 aliphatic rings. The number of hydrogen-bond acceptors (Lipinski definition) is 4. The average molecular weight is 263 g/mol. The van der Waals surface area contributed by atoms with Crippen LogP contribution in [-0.4, -0.2) is 23.2 Å². The van der Waals surface area contributed by atoms with Crippen molar-refractivity contribution < 1.29 is 8.42 Å². The highest BCUT2D eigenvalue weighted by Crippen LogP contribution is 2.19. The normalized spacial score (nSPS) is 14.7. The first kappa shape index (κ1) is 11.4. The van der Waals surface area contributed by atoms with Crippen molar-refractivity contribution in [2.45, 2.75) is 30.0 Å². The summed E-state index contributed by atoms with van der Waals surface area (Å²) in [7, 11) is -3.34. The minimum absolute atomic E-state index is 0.0569. The van der Waals surface area contributed by atoms with Crippen molar-refractivity contribution in [3.63, 3.8) is 0 Å². The maximum Gasteiger partial charge on any atom is 0.185 e. The molecule has 0 aromatic carbocycles. The van der Waals surface area contributed by atoms with E-state index in [9.17, 15) is 8.42 Å². The molecule has 0 N–H and O–H groups in total. The second-order valence-corrected chi connectivity index (χ2v) is 6.39. The van der Waals surface area contributed by atoms with E-state index in [2.05, 4.69) is 10.1 Å². The SMILES string of the molecule is O=S(=O)(Cc1cc2n(n1)CCC2)c1cccnc1. The number of hydrogen-bond donors (Lipinski definition) is 0. The lowest BCUT2D eigenvalue weighted by Gasteiger charge is -2.01. The number of pyridine rings is 1. The summed E-state index contributed by atoms with van der Waals surface area (Å²) in [5.74, 6) is -0.0569. The Morgan fingerprint density at radius 2 is 2.28 bits per heavy atom. The third-order valence-electron chi connectivity index (χ3n) is 3.05. The van der Waals surface area contributed by atoms with Crippen LogP contribution in [0.2, 0.25) is 0 Å². The minimum Gasteiger partial charge on any atom is -0.269 e. The van der Waals surface area contributed by atoms with Crippen molar-refractivity contribution in [3.05, 3.63) is 42.0 Å². The predicted octanol–water partition coefficient (Wildman–Crippen LogP) is 1.20. The Hall–Kier alpha value is -1.69. The van der Waals surface area contributed by atoms with Gasteiger partial charge in [0.1, 0.15) is 0 Å². The Balaban J connectivity index is 1.88. The van der Waals surface area contributed by atoms with Gasteiger partial charge in [-0.3, -0.25) is 9.67 Å². The van der Waals surface area contributed by atoms with Crippen molar-refractivity contribution in [2.75, 3.05) is 0 Å². The van der Waals surface area contributed by atoms with Crippen molar-refractivity contribution in [1.29, 1.82) is 0 Å². The van der Waals surface area contributed by atoms with Gasteiger partial charge in [0, 0.05) is 24.6 Å². The van der Waals surface area contributed by atoms with Crippen LogP contribution in [0.1, 0.15) is 17.8 Å². The van der Waals surface area contributed by atoms with E-state index in [-0.39, 0.29) is 10.6 Å². The number of aryl methyl sites for hydroxylation is 2. The molecule has 0 fully saturated rings. The first-order valence-corrected chi connectivity index (χ1v) is 7.49. The Bertz CT molecular complexity index is 640. The average Bonchev–Trinajstić information content (AvgIpc) is 2.90. The van der Waals surface area contributed by atoms with Crippen LogP contribution in [0.3, 0.4) is 0 Å². The van der Waals surface area contributed by atoms with E-state index in [0.717, 1.165) is 25.1 Å². The molecule has 0 aliphatic carbocycles. The molecule has 5 nitrogen and oxygen atoms in total. The van der Waals surface area contributed by atoms with Gasteiger partial charge in [0.15, 0.2) is 9.84 Å². The van der Waals surface area contributed by atoms with Crippen LogP contribution in [0, 0.1) is 0 Å². The van der Waals surface area contributed by atoms with Crippen molar-refractivity contribution in [2.24, 2.45) is 0 Å². The number of fused-ring (bicyclic) bond motifs is 1. The van der Waals surface area contributed by atoms with Crippen LogP contribution in [-0.2, 0) is 28.6 Å². The molecule has 0 spiro atoms. The summed E-state index contributed by atoms with van der Waals surface area (Å²) in [5, 5.41) is 4.32. The van der Waals surface area contributed by atoms with Gasteiger partial charge in [0.2, 0.25) is 0 Å². The van der Waals surface area contributed by atoms with Gasteiger partial charge < -0.3 is 0 Å². The highest BCUT2D eigenvalue weighted by atomic mass is 32.2. The lowest BCUT2D eigenvalue weighted by atomic mass is 10.3. The molecule has 0 atom stereocenters. The summed E-state index contributed by atoms with van der Waals surface area (Å²) in [4.78, 5) is 4.09. The molecule has 18 heavy (non-hydrogen) atoms. The Morgan fingerprint density at radius 3 is 3.00 bits per heavy atom. The molecule has 2 aromatic rings. The van der Waals surface area contributed by atoms with Gasteiger partial charge in [0.25, 0.3) is 0 Å². The maximum absolute atomic E-state index is 12.1. The molecular formula is C12H13N3O2S. The number of sulfone groups is 1. The lowest BCUT2D eigenvalue weighted by Crippen LogP contribution is -2.06. The van der Waals surface area contributed by atoms with Crippen molar-refractivity contribution in [1.82, 2.24) is 14.8 Å². The molecule has 0 saturated carbocycles. The zero-order chi connectivity index (χ0) is 12.6. The van der Waals surface area contributed by atoms with E-state index in [1.54, 1.807) is 18.3 Å². The largest absolute Gasteiger partial charge is 0.269 e. The number of aromatic nitrogens is 3. The first-order chi connectivity index (χ1) is 8.65. The van der Waals surface area contributed by atoms with Crippen LogP contribution in [0.4, 0.5) is 0 Å². The summed E-state index contributed by atoms with van der Waals surface area (Å²) in [6.07, 6.45) is 5.02. The van der Waals surface area contributed by atoms with E-state index in [4.69, 9.17) is 0 Å². The van der Waals surface area contributed by atoms with Gasteiger partial charge in [-0.05, 0) is 31.0 Å². The highest BCUT2D eigenvalue weighted by Gasteiger charge is 2.20. The molecule has 0 radical (unpaired) electrons. The standard InChI is InChI=1S/C12H13N3O2S/c16-18(17,12-4-1-5-13-8-12)9-10-7-11-3-2-6-15(11)14-10/h1,4-5,7-8H,2-3,6,9H2. The van der Waals surface area contributed by atoms with Gasteiger partial charge in [-0.15, -0.1) is 0 Å². The summed E-state index contributed by atoms with van der Waals surface area (Å²) in [6.45, 7) is 0.891. The second kappa shape index (κ2) is 4.20. The quantitative estimate of drug-likeness (QED) is 0.834. The minimum atomic E-state index is -3.34. The van der Waals surface area contributed by atoms with Crippen molar-refractivity contribution in [3.8, 4) is 0 Å². The molecule has 0 saturated heterocycles. The van der Waals surface area contributed by atoms with Gasteiger partial charge in [-0.2, -0.15) is 5.10 Å². The fourth-order valence-electron chi connectivity index (χ4n) is 2.20. The third-order valence-corrected chi connectivity index (χ3v) is 4.68. The molecule has 94 valence electrons. The Morgan fingerprint density at radius 1 is 1.39 bits per heavy atom. The van der Waals surface area contributed by atoms with E-state index in [0.29, 0.717) is 5.69 Å². The fourth-order valence-corrected chi connectivity index (χ4v) is 3.40. The van der Waals surface area contributed by atoms with Crippen LogP contribution in [0.15, 0.2) is 35.5 Å². The zero-order valence-corrected chi connectivity index (χ0v) is 10.6. The van der Waals surface area contributed by atoms with E-state index >= 15 is 0 Å². The van der Waals surface area contributed by atoms with Crippen LogP contribution < -0.4 is 0 Å². The summed E-state index contributed by atoms with van der Waals surface area (Å²) in [6, 6.07) is 5.08. The van der Waals surface area contributed by atoms with Crippen LogP contribution in [0.25, 0.3) is 0 Å². The topological polar surface area (TPSA) is 64.8 Å². The number of rotatable bonds is 3. The monoisotopic (exact) mass is 263 g/mol. The molecule has 6 heteroatoms. The molecule has 0 amide bonds. The van der Waals surface area contributed by atoms with E-state index in [1.165, 1.54) is 6.20 Å². The first-order valence-electron chi connectivity index (χ1n) is 5.83. The van der Waals surface area contributed by atoms with Crippen LogP contribution in [0.5, 0.6) is 0 Å². The van der Waals surface area contributed by atoms with E-state index < -0.39 is 9.84 Å². The summed E-state index contributed by atoms with van der Waals surface area (Å²) < 4.78 is 26.2. The lowest BCUT2D eigenvalue weighted by molar-refractivity contribution is 0.592. The Labute approximate surface area is 105 Å². The fraction of sp³-hybridized carbons (Fsp3) is 0.333. The predicted molar refractivity (Wildman–Crippen MR) is 65.7 cm³/mol. The van der Waals surface area contributed by atoms with Crippen LogP contribution >= 0.6 is 0 Å². The molecule has 0 bridgehead atoms. The smallest absolute Gasteiger partial charge is 0.185 e. The second-order valence-electron chi connectivity index (χ2n) is 4.40. The molecular weight excluding hydrogens is 250 g/mol. The molecule has 1 aliphatic heterocycles. The van der Waals surface area contributed by atoms with Gasteiger partial charge in [-0.1, -0.05) is 0 Å². The summed E-state index contributed by atoms with van der Waals surface area (Å²) in [5.41, 5.74) is 1.75. The maximum atomic E-state index is 12.1. The van der Waals surface area contributed by atoms with Gasteiger partial charge in [-0.25, -0.2) is 8.42 Å². The van der Waals surface area contributed by atoms with Gasteiger partial charge >= 0.3 is 0 Å². The molecule has 0 unspecified atom stereocenters. The summed E-state index contributed by atoms with van der Waals surface area (Å²) >= 11 is 0. The highest BCUT2D eigenvalue weighted by molar-refractivity contribution is 7.90. The Kier molecular flexibility index (Phi) is 2.66. The van der Waals surface area contributed by atoms with E-state index in [1.807, 2.05) is 10.7 Å².